The van der Waals surface area contributed by atoms with Crippen LogP contribution in [0.25, 0.3) is 0 Å². The quantitative estimate of drug-likeness (QED) is 0.667. The van der Waals surface area contributed by atoms with Gasteiger partial charge in [-0.1, -0.05) is 12.1 Å². The Morgan fingerprint density at radius 3 is 3.15 bits per heavy atom. The van der Waals surface area contributed by atoms with Crippen LogP contribution < -0.4 is 11.1 Å². The summed E-state index contributed by atoms with van der Waals surface area (Å²) in [7, 11) is 0. The van der Waals surface area contributed by atoms with Gasteiger partial charge >= 0.3 is 0 Å². The fraction of sp³-hybridized carbons (Fsp3) is 0.500. The van der Waals surface area contributed by atoms with Crippen LogP contribution in [-0.2, 0) is 11.3 Å². The van der Waals surface area contributed by atoms with Crippen LogP contribution in [0.5, 0.6) is 0 Å². The van der Waals surface area contributed by atoms with E-state index in [4.69, 9.17) is 10.3 Å². The maximum absolute atomic E-state index is 10.6. The van der Waals surface area contributed by atoms with Gasteiger partial charge in [-0.25, -0.2) is 0 Å². The van der Waals surface area contributed by atoms with E-state index in [0.29, 0.717) is 13.1 Å². The molecule has 0 radical (unpaired) electrons. The van der Waals surface area contributed by atoms with E-state index in [1.54, 1.807) is 19.2 Å². The van der Waals surface area contributed by atoms with Crippen LogP contribution in [0.1, 0.15) is 12.7 Å². The number of carbonyl (C=O) groups excluding carboxylic acids is 1. The molecule has 0 bridgehead atoms. The first-order valence-electron chi connectivity index (χ1n) is 4.09. The standard InChI is InChI=1S/C8H13N3O2/c1-6(8(9)12)4-10-5-7-2-3-11-13-7/h2-3,6,10H,4-5H2,1H3,(H2,9,12). The zero-order valence-corrected chi connectivity index (χ0v) is 7.49. The molecule has 13 heavy (non-hydrogen) atoms. The van der Waals surface area contributed by atoms with Gasteiger partial charge in [-0.3, -0.25) is 4.79 Å². The molecule has 1 heterocycles. The molecule has 0 saturated carbocycles. The Morgan fingerprint density at radius 1 is 1.85 bits per heavy atom. The Hall–Kier alpha value is -1.36. The van der Waals surface area contributed by atoms with E-state index in [1.807, 2.05) is 0 Å². The summed E-state index contributed by atoms with van der Waals surface area (Å²) >= 11 is 0. The maximum atomic E-state index is 10.6. The van der Waals surface area contributed by atoms with E-state index in [9.17, 15) is 4.79 Å². The summed E-state index contributed by atoms with van der Waals surface area (Å²) in [5.41, 5.74) is 5.08. The fourth-order valence-corrected chi connectivity index (χ4v) is 0.846. The minimum Gasteiger partial charge on any atom is -0.369 e. The Balaban J connectivity index is 2.18. The number of nitrogens with one attached hydrogen (secondary N) is 1. The first-order valence-corrected chi connectivity index (χ1v) is 4.09. The molecule has 3 N–H and O–H groups in total. The molecule has 0 fully saturated rings. The summed E-state index contributed by atoms with van der Waals surface area (Å²) in [6, 6.07) is 1.77. The second-order valence-electron chi connectivity index (χ2n) is 2.91. The molecule has 1 rings (SSSR count). The normalized spacial score (nSPS) is 12.7. The molecule has 1 amide bonds. The number of carbonyl (C=O) groups is 1. The molecule has 5 heteroatoms. The van der Waals surface area contributed by atoms with E-state index in [-0.39, 0.29) is 11.8 Å². The first kappa shape index (κ1) is 9.73. The Morgan fingerprint density at radius 2 is 2.62 bits per heavy atom. The van der Waals surface area contributed by atoms with Crippen molar-refractivity contribution in [3.63, 3.8) is 0 Å². The van der Waals surface area contributed by atoms with Crippen molar-refractivity contribution in [1.29, 1.82) is 0 Å². The van der Waals surface area contributed by atoms with Crippen molar-refractivity contribution in [2.45, 2.75) is 13.5 Å². The second-order valence-corrected chi connectivity index (χ2v) is 2.91. The van der Waals surface area contributed by atoms with Crippen molar-refractivity contribution < 1.29 is 9.32 Å². The molecular formula is C8H13N3O2. The average Bonchev–Trinajstić information content (AvgIpc) is 2.56. The summed E-state index contributed by atoms with van der Waals surface area (Å²) in [6.45, 7) is 2.89. The zero-order chi connectivity index (χ0) is 9.68. The first-order chi connectivity index (χ1) is 6.20. The average molecular weight is 183 g/mol. The van der Waals surface area contributed by atoms with Crippen molar-refractivity contribution in [1.82, 2.24) is 10.5 Å². The smallest absolute Gasteiger partial charge is 0.221 e. The molecular weight excluding hydrogens is 170 g/mol. The van der Waals surface area contributed by atoms with Gasteiger partial charge < -0.3 is 15.6 Å². The molecule has 0 aromatic carbocycles. The molecule has 0 aliphatic rings. The van der Waals surface area contributed by atoms with Crippen LogP contribution in [0.2, 0.25) is 0 Å². The summed E-state index contributed by atoms with van der Waals surface area (Å²) in [5, 5.41) is 6.58. The highest BCUT2D eigenvalue weighted by Gasteiger charge is 2.07. The molecule has 0 spiro atoms. The number of amides is 1. The molecule has 0 saturated heterocycles. The molecule has 0 aliphatic carbocycles. The Kier molecular flexibility index (Phi) is 3.45. The van der Waals surface area contributed by atoms with Crippen molar-refractivity contribution in [3.05, 3.63) is 18.0 Å². The van der Waals surface area contributed by atoms with Crippen LogP contribution >= 0.6 is 0 Å². The highest BCUT2D eigenvalue weighted by atomic mass is 16.5. The molecule has 72 valence electrons. The van der Waals surface area contributed by atoms with Crippen molar-refractivity contribution >= 4 is 5.91 Å². The number of hydrogen-bond donors (Lipinski definition) is 2. The third-order valence-electron chi connectivity index (χ3n) is 1.73. The van der Waals surface area contributed by atoms with Gasteiger partial charge in [-0.2, -0.15) is 0 Å². The lowest BCUT2D eigenvalue weighted by Gasteiger charge is -2.06. The Bertz CT molecular complexity index is 258. The maximum Gasteiger partial charge on any atom is 0.221 e. The summed E-state index contributed by atoms with van der Waals surface area (Å²) in [5.74, 6) is 0.282. The minimum absolute atomic E-state index is 0.164. The predicted octanol–water partition coefficient (Wildman–Crippen LogP) is -0.114. The van der Waals surface area contributed by atoms with Gasteiger partial charge in [0.15, 0.2) is 0 Å². The van der Waals surface area contributed by atoms with Gasteiger partial charge in [0, 0.05) is 18.5 Å². The highest BCUT2D eigenvalue weighted by Crippen LogP contribution is 1.96. The van der Waals surface area contributed by atoms with E-state index >= 15 is 0 Å². The van der Waals surface area contributed by atoms with Crippen molar-refractivity contribution in [2.24, 2.45) is 11.7 Å². The molecule has 0 aliphatic heterocycles. The van der Waals surface area contributed by atoms with Gasteiger partial charge in [0.25, 0.3) is 0 Å². The van der Waals surface area contributed by atoms with Crippen molar-refractivity contribution in [2.75, 3.05) is 6.54 Å². The van der Waals surface area contributed by atoms with E-state index in [2.05, 4.69) is 10.5 Å². The summed E-state index contributed by atoms with van der Waals surface area (Å²) in [6.07, 6.45) is 1.58. The van der Waals surface area contributed by atoms with Gasteiger partial charge in [0.1, 0.15) is 5.76 Å². The molecule has 1 atom stereocenters. The van der Waals surface area contributed by atoms with Gasteiger partial charge in [0.2, 0.25) is 5.91 Å². The van der Waals surface area contributed by atoms with E-state index < -0.39 is 0 Å². The molecule has 1 unspecified atom stereocenters. The third kappa shape index (κ3) is 3.25. The van der Waals surface area contributed by atoms with Crippen LogP contribution in [0.4, 0.5) is 0 Å². The van der Waals surface area contributed by atoms with Gasteiger partial charge in [-0.05, 0) is 0 Å². The number of nitrogens with zero attached hydrogens (tertiary/aromatic N) is 1. The topological polar surface area (TPSA) is 81.2 Å². The summed E-state index contributed by atoms with van der Waals surface area (Å²) < 4.78 is 4.85. The number of nitrogens with two attached hydrogens (primary N) is 1. The number of aromatic nitrogens is 1. The predicted molar refractivity (Wildman–Crippen MR) is 46.6 cm³/mol. The zero-order valence-electron chi connectivity index (χ0n) is 7.49. The Labute approximate surface area is 76.3 Å². The third-order valence-corrected chi connectivity index (χ3v) is 1.73. The van der Waals surface area contributed by atoms with Crippen LogP contribution in [0.15, 0.2) is 16.8 Å². The number of rotatable bonds is 5. The lowest BCUT2D eigenvalue weighted by atomic mass is 10.2. The second kappa shape index (κ2) is 4.61. The van der Waals surface area contributed by atoms with E-state index in [1.165, 1.54) is 0 Å². The van der Waals surface area contributed by atoms with Crippen LogP contribution in [0, 0.1) is 5.92 Å². The highest BCUT2D eigenvalue weighted by molar-refractivity contribution is 5.76. The summed E-state index contributed by atoms with van der Waals surface area (Å²) in [4.78, 5) is 10.6. The lowest BCUT2D eigenvalue weighted by molar-refractivity contribution is -0.121. The minimum atomic E-state index is -0.301. The van der Waals surface area contributed by atoms with E-state index in [0.717, 1.165) is 5.76 Å². The number of hydrogen-bond acceptors (Lipinski definition) is 4. The fourth-order valence-electron chi connectivity index (χ4n) is 0.846. The molecule has 5 nitrogen and oxygen atoms in total. The number of primary amides is 1. The van der Waals surface area contributed by atoms with Crippen LogP contribution in [0.3, 0.4) is 0 Å². The van der Waals surface area contributed by atoms with Gasteiger partial charge in [-0.15, -0.1) is 0 Å². The van der Waals surface area contributed by atoms with Crippen LogP contribution in [-0.4, -0.2) is 17.6 Å². The lowest BCUT2D eigenvalue weighted by Crippen LogP contribution is -2.30. The molecule has 1 aromatic rings. The molecule has 1 aromatic heterocycles. The monoisotopic (exact) mass is 183 g/mol. The largest absolute Gasteiger partial charge is 0.369 e. The SMILES string of the molecule is CC(CNCc1ccno1)C(N)=O. The van der Waals surface area contributed by atoms with Crippen molar-refractivity contribution in [3.8, 4) is 0 Å². The van der Waals surface area contributed by atoms with Gasteiger partial charge in [0.05, 0.1) is 12.7 Å².